The Morgan fingerprint density at radius 1 is 1.36 bits per heavy atom. The molecule has 2 aromatic rings. The maximum absolute atomic E-state index is 12.8. The molecule has 1 aromatic heterocycles. The summed E-state index contributed by atoms with van der Waals surface area (Å²) in [6.07, 6.45) is 7.88. The smallest absolute Gasteiger partial charge is 0.246 e. The van der Waals surface area contributed by atoms with Crippen LogP contribution in [0.15, 0.2) is 48.8 Å². The monoisotopic (exact) mass is 403 g/mol. The molecule has 1 aliphatic rings. The number of hydrogen-bond donors (Lipinski definition) is 0. The second kappa shape index (κ2) is 9.16. The first-order chi connectivity index (χ1) is 13.5. The lowest BCUT2D eigenvalue weighted by Gasteiger charge is -2.27. The molecule has 1 aromatic carbocycles. The number of aromatic nitrogens is 2. The lowest BCUT2D eigenvalue weighted by atomic mass is 10.2. The summed E-state index contributed by atoms with van der Waals surface area (Å²) in [5, 5.41) is 4.31. The molecule has 0 saturated carbocycles. The Hall–Kier alpha value is -2.45. The number of ether oxygens (including phenoxy) is 1. The number of amides is 1. The Kier molecular flexibility index (Phi) is 6.64. The summed E-state index contributed by atoms with van der Waals surface area (Å²) in [6, 6.07) is 9.43. The van der Waals surface area contributed by atoms with Gasteiger partial charge in [-0.05, 0) is 31.1 Å². The zero-order valence-corrected chi connectivity index (χ0v) is 16.7. The third-order valence-electron chi connectivity index (χ3n) is 4.72. The number of nitrogens with zero attached hydrogens (tertiary/aromatic N) is 3. The van der Waals surface area contributed by atoms with E-state index < -0.39 is 9.84 Å². The van der Waals surface area contributed by atoms with Crippen molar-refractivity contribution in [1.29, 1.82) is 0 Å². The summed E-state index contributed by atoms with van der Waals surface area (Å²) in [6.45, 7) is 0.997. The summed E-state index contributed by atoms with van der Waals surface area (Å²) in [7, 11) is -1.45. The Labute approximate surface area is 165 Å². The molecule has 1 saturated heterocycles. The molecule has 28 heavy (non-hydrogen) atoms. The van der Waals surface area contributed by atoms with Crippen LogP contribution in [0, 0.1) is 0 Å². The third kappa shape index (κ3) is 5.30. The van der Waals surface area contributed by atoms with Crippen molar-refractivity contribution in [3.05, 3.63) is 54.4 Å². The normalized spacial score (nSPS) is 18.5. The number of para-hydroxylation sites is 1. The number of rotatable bonds is 8. The minimum atomic E-state index is -3.06. The SMILES string of the molecule is COCCCN(C(=O)/C=C/c1cnn(-c2ccccc2)c1)C1CCS(=O)(=O)C1. The first kappa shape index (κ1) is 20.3. The molecule has 1 fully saturated rings. The number of methoxy groups -OCH3 is 1. The molecule has 2 heterocycles. The van der Waals surface area contributed by atoms with Gasteiger partial charge in [0.05, 0.1) is 23.4 Å². The highest BCUT2D eigenvalue weighted by molar-refractivity contribution is 7.91. The molecule has 1 atom stereocenters. The largest absolute Gasteiger partial charge is 0.385 e. The van der Waals surface area contributed by atoms with Gasteiger partial charge in [0.2, 0.25) is 5.91 Å². The molecule has 150 valence electrons. The van der Waals surface area contributed by atoms with Gasteiger partial charge in [0.1, 0.15) is 0 Å². The average molecular weight is 404 g/mol. The van der Waals surface area contributed by atoms with Crippen molar-refractivity contribution in [1.82, 2.24) is 14.7 Å². The summed E-state index contributed by atoms with van der Waals surface area (Å²) in [5.41, 5.74) is 1.74. The Bertz CT molecular complexity index is 922. The van der Waals surface area contributed by atoms with E-state index in [1.165, 1.54) is 6.08 Å². The summed E-state index contributed by atoms with van der Waals surface area (Å²) in [4.78, 5) is 14.4. The van der Waals surface area contributed by atoms with Gasteiger partial charge in [0.15, 0.2) is 9.84 Å². The summed E-state index contributed by atoms with van der Waals surface area (Å²) >= 11 is 0. The molecule has 3 rings (SSSR count). The zero-order valence-electron chi connectivity index (χ0n) is 15.9. The van der Waals surface area contributed by atoms with Gasteiger partial charge in [0, 0.05) is 44.1 Å². The topological polar surface area (TPSA) is 81.5 Å². The first-order valence-corrected chi connectivity index (χ1v) is 11.1. The second-order valence-electron chi connectivity index (χ2n) is 6.82. The van der Waals surface area contributed by atoms with Gasteiger partial charge in [-0.15, -0.1) is 0 Å². The predicted molar refractivity (Wildman–Crippen MR) is 108 cm³/mol. The zero-order chi connectivity index (χ0) is 20.0. The molecule has 0 aliphatic carbocycles. The van der Waals surface area contributed by atoms with E-state index in [9.17, 15) is 13.2 Å². The van der Waals surface area contributed by atoms with Crippen LogP contribution in [-0.4, -0.2) is 66.8 Å². The number of carbonyl (C=O) groups is 1. The van der Waals surface area contributed by atoms with Crippen LogP contribution < -0.4 is 0 Å². The van der Waals surface area contributed by atoms with Crippen LogP contribution in [0.5, 0.6) is 0 Å². The molecule has 1 aliphatic heterocycles. The standard InChI is InChI=1S/C20H25N3O4S/c1-27-12-5-11-22(19-10-13-28(25,26)16-19)20(24)9-8-17-14-21-23(15-17)18-6-3-2-4-7-18/h2-4,6-9,14-15,19H,5,10-13,16H2,1H3/b9-8+. The Morgan fingerprint density at radius 3 is 2.82 bits per heavy atom. The van der Waals surface area contributed by atoms with Gasteiger partial charge in [0.25, 0.3) is 0 Å². The van der Waals surface area contributed by atoms with Crippen LogP contribution in [0.3, 0.4) is 0 Å². The highest BCUT2D eigenvalue weighted by Gasteiger charge is 2.33. The number of benzene rings is 1. The first-order valence-electron chi connectivity index (χ1n) is 9.26. The Balaban J connectivity index is 1.69. The Morgan fingerprint density at radius 2 is 2.14 bits per heavy atom. The second-order valence-corrected chi connectivity index (χ2v) is 9.05. The molecule has 8 heteroatoms. The van der Waals surface area contributed by atoms with Crippen LogP contribution in [0.25, 0.3) is 11.8 Å². The highest BCUT2D eigenvalue weighted by atomic mass is 32.2. The molecule has 0 bridgehead atoms. The van der Waals surface area contributed by atoms with E-state index in [1.807, 2.05) is 36.5 Å². The van der Waals surface area contributed by atoms with Crippen LogP contribution >= 0.6 is 0 Å². The van der Waals surface area contributed by atoms with Gasteiger partial charge in [-0.2, -0.15) is 5.10 Å². The van der Waals surface area contributed by atoms with Crippen molar-refractivity contribution < 1.29 is 17.9 Å². The van der Waals surface area contributed by atoms with E-state index >= 15 is 0 Å². The van der Waals surface area contributed by atoms with Crippen molar-refractivity contribution in [2.45, 2.75) is 18.9 Å². The van der Waals surface area contributed by atoms with Gasteiger partial charge in [-0.3, -0.25) is 4.79 Å². The minimum Gasteiger partial charge on any atom is -0.385 e. The molecule has 0 spiro atoms. The molecular weight excluding hydrogens is 378 g/mol. The van der Waals surface area contributed by atoms with E-state index in [4.69, 9.17) is 4.74 Å². The van der Waals surface area contributed by atoms with Crippen molar-refractivity contribution in [2.24, 2.45) is 0 Å². The van der Waals surface area contributed by atoms with Gasteiger partial charge < -0.3 is 9.64 Å². The fourth-order valence-electron chi connectivity index (χ4n) is 3.28. The molecule has 7 nitrogen and oxygen atoms in total. The van der Waals surface area contributed by atoms with E-state index in [1.54, 1.807) is 29.0 Å². The minimum absolute atomic E-state index is 0.0332. The molecule has 0 N–H and O–H groups in total. The molecule has 0 radical (unpaired) electrons. The number of carbonyl (C=O) groups excluding carboxylic acids is 1. The fourth-order valence-corrected chi connectivity index (χ4v) is 5.01. The third-order valence-corrected chi connectivity index (χ3v) is 6.47. The van der Waals surface area contributed by atoms with E-state index in [2.05, 4.69) is 5.10 Å². The number of sulfone groups is 1. The highest BCUT2D eigenvalue weighted by Crippen LogP contribution is 2.19. The van der Waals surface area contributed by atoms with Crippen molar-refractivity contribution in [3.63, 3.8) is 0 Å². The predicted octanol–water partition coefficient (Wildman–Crippen LogP) is 1.94. The fraction of sp³-hybridized carbons (Fsp3) is 0.400. The molecule has 1 unspecified atom stereocenters. The quantitative estimate of drug-likeness (QED) is 0.497. The van der Waals surface area contributed by atoms with Crippen LogP contribution in [0.4, 0.5) is 0 Å². The van der Waals surface area contributed by atoms with Crippen molar-refractivity contribution in [2.75, 3.05) is 31.8 Å². The summed E-state index contributed by atoms with van der Waals surface area (Å²) < 4.78 is 30.5. The van der Waals surface area contributed by atoms with Crippen molar-refractivity contribution in [3.8, 4) is 5.69 Å². The average Bonchev–Trinajstić information content (AvgIpc) is 3.30. The van der Waals surface area contributed by atoms with Crippen molar-refractivity contribution >= 4 is 21.8 Å². The lowest BCUT2D eigenvalue weighted by molar-refractivity contribution is -0.127. The van der Waals surface area contributed by atoms with E-state index in [0.717, 1.165) is 11.3 Å². The molecular formula is C20H25N3O4S. The van der Waals surface area contributed by atoms with Crippen LogP contribution in [0.1, 0.15) is 18.4 Å². The van der Waals surface area contributed by atoms with E-state index in [0.29, 0.717) is 26.0 Å². The lowest BCUT2D eigenvalue weighted by Crippen LogP contribution is -2.41. The van der Waals surface area contributed by atoms with Crippen LogP contribution in [0.2, 0.25) is 0 Å². The maximum Gasteiger partial charge on any atom is 0.246 e. The van der Waals surface area contributed by atoms with Crippen LogP contribution in [-0.2, 0) is 19.4 Å². The van der Waals surface area contributed by atoms with Gasteiger partial charge >= 0.3 is 0 Å². The molecule has 1 amide bonds. The van der Waals surface area contributed by atoms with E-state index in [-0.39, 0.29) is 23.5 Å². The van der Waals surface area contributed by atoms with Gasteiger partial charge in [-0.1, -0.05) is 18.2 Å². The maximum atomic E-state index is 12.8. The summed E-state index contributed by atoms with van der Waals surface area (Å²) in [5.74, 6) is -0.0178. The number of hydrogen-bond acceptors (Lipinski definition) is 5. The van der Waals surface area contributed by atoms with Gasteiger partial charge in [-0.25, -0.2) is 13.1 Å².